The van der Waals surface area contributed by atoms with Gasteiger partial charge in [-0.05, 0) is 18.2 Å². The first-order valence-electron chi connectivity index (χ1n) is 5.45. The minimum atomic E-state index is 0.326. The molecule has 19 heavy (non-hydrogen) atoms. The summed E-state index contributed by atoms with van der Waals surface area (Å²) in [6, 6.07) is 7.46. The Morgan fingerprint density at radius 2 is 2.21 bits per heavy atom. The Morgan fingerprint density at radius 3 is 2.89 bits per heavy atom. The molecule has 1 aromatic heterocycles. The van der Waals surface area contributed by atoms with E-state index in [0.29, 0.717) is 4.99 Å². The highest BCUT2D eigenvalue weighted by Crippen LogP contribution is 2.27. The van der Waals surface area contributed by atoms with Gasteiger partial charge in [0.2, 0.25) is 0 Å². The molecule has 0 amide bonds. The maximum atomic E-state index is 5.68. The first-order chi connectivity index (χ1) is 9.10. The molecule has 0 aliphatic rings. The summed E-state index contributed by atoms with van der Waals surface area (Å²) in [5.74, 6) is 0.748. The average molecular weight is 338 g/mol. The predicted molar refractivity (Wildman–Crippen MR) is 84.1 cm³/mol. The van der Waals surface area contributed by atoms with Gasteiger partial charge in [0.05, 0.1) is 19.0 Å². The van der Waals surface area contributed by atoms with Gasteiger partial charge in [-0.1, -0.05) is 28.1 Å². The van der Waals surface area contributed by atoms with E-state index in [0.717, 1.165) is 27.2 Å². The Labute approximate surface area is 125 Å². The molecule has 0 radical (unpaired) electrons. The van der Waals surface area contributed by atoms with Crippen molar-refractivity contribution in [2.75, 3.05) is 12.4 Å². The number of methoxy groups -OCH3 is 1. The van der Waals surface area contributed by atoms with Crippen molar-refractivity contribution in [2.24, 2.45) is 5.73 Å². The SMILES string of the molecule is COc1cc(Br)cc(Nc2cnccc2C(N)=S)c1. The van der Waals surface area contributed by atoms with Crippen LogP contribution >= 0.6 is 28.1 Å². The quantitative estimate of drug-likeness (QED) is 0.838. The van der Waals surface area contributed by atoms with Crippen LogP contribution in [-0.4, -0.2) is 17.1 Å². The lowest BCUT2D eigenvalue weighted by atomic mass is 10.2. The zero-order valence-corrected chi connectivity index (χ0v) is 12.6. The smallest absolute Gasteiger partial charge is 0.122 e. The van der Waals surface area contributed by atoms with Gasteiger partial charge in [-0.15, -0.1) is 0 Å². The van der Waals surface area contributed by atoms with Crippen LogP contribution in [0.4, 0.5) is 11.4 Å². The van der Waals surface area contributed by atoms with E-state index in [1.807, 2.05) is 18.2 Å². The number of benzene rings is 1. The van der Waals surface area contributed by atoms with Crippen LogP contribution in [0.1, 0.15) is 5.56 Å². The number of thiocarbonyl (C=S) groups is 1. The monoisotopic (exact) mass is 337 g/mol. The van der Waals surface area contributed by atoms with Crippen molar-refractivity contribution in [1.82, 2.24) is 4.98 Å². The predicted octanol–water partition coefficient (Wildman–Crippen LogP) is 3.23. The molecule has 0 atom stereocenters. The van der Waals surface area contributed by atoms with Crippen LogP contribution in [0.15, 0.2) is 41.1 Å². The van der Waals surface area contributed by atoms with E-state index < -0.39 is 0 Å². The summed E-state index contributed by atoms with van der Waals surface area (Å²) in [5, 5.41) is 3.23. The van der Waals surface area contributed by atoms with Gasteiger partial charge in [-0.2, -0.15) is 0 Å². The Morgan fingerprint density at radius 1 is 1.42 bits per heavy atom. The molecule has 1 aromatic carbocycles. The number of nitrogens with two attached hydrogens (primary N) is 1. The largest absolute Gasteiger partial charge is 0.497 e. The molecule has 0 aliphatic heterocycles. The molecule has 3 N–H and O–H groups in total. The standard InChI is InChI=1S/C13H12BrN3OS/c1-18-10-5-8(14)4-9(6-10)17-12-7-16-3-2-11(12)13(15)19/h2-7,17H,1H3,(H2,15,19). The van der Waals surface area contributed by atoms with E-state index in [9.17, 15) is 0 Å². The van der Waals surface area contributed by atoms with Crippen LogP contribution in [0.5, 0.6) is 5.75 Å². The van der Waals surface area contributed by atoms with E-state index in [2.05, 4.69) is 26.2 Å². The molecule has 2 aromatic rings. The van der Waals surface area contributed by atoms with Crippen LogP contribution in [0.25, 0.3) is 0 Å². The third-order valence-corrected chi connectivity index (χ3v) is 3.15. The fraction of sp³-hybridized carbons (Fsp3) is 0.0769. The molecule has 0 spiro atoms. The van der Waals surface area contributed by atoms with Crippen molar-refractivity contribution in [3.05, 3.63) is 46.7 Å². The van der Waals surface area contributed by atoms with Crippen LogP contribution in [-0.2, 0) is 0 Å². The van der Waals surface area contributed by atoms with Crippen LogP contribution in [0, 0.1) is 0 Å². The molecule has 2 rings (SSSR count). The summed E-state index contributed by atoms with van der Waals surface area (Å²) in [6.45, 7) is 0. The number of halogens is 1. The number of nitrogens with zero attached hydrogens (tertiary/aromatic N) is 1. The van der Waals surface area contributed by atoms with Crippen LogP contribution in [0.3, 0.4) is 0 Å². The average Bonchev–Trinajstić information content (AvgIpc) is 2.38. The number of hydrogen-bond donors (Lipinski definition) is 2. The number of aromatic nitrogens is 1. The molecule has 0 fully saturated rings. The number of anilines is 2. The molecule has 0 aliphatic carbocycles. The second kappa shape index (κ2) is 5.99. The molecule has 6 heteroatoms. The lowest BCUT2D eigenvalue weighted by Gasteiger charge is -2.12. The highest BCUT2D eigenvalue weighted by Gasteiger charge is 2.06. The van der Waals surface area contributed by atoms with Crippen molar-refractivity contribution >= 4 is 44.5 Å². The second-order valence-electron chi connectivity index (χ2n) is 3.79. The minimum absolute atomic E-state index is 0.326. The zero-order valence-electron chi connectivity index (χ0n) is 10.2. The van der Waals surface area contributed by atoms with Crippen molar-refractivity contribution in [2.45, 2.75) is 0 Å². The third kappa shape index (κ3) is 3.42. The lowest BCUT2D eigenvalue weighted by molar-refractivity contribution is 0.415. The summed E-state index contributed by atoms with van der Waals surface area (Å²) in [7, 11) is 1.62. The van der Waals surface area contributed by atoms with Crippen molar-refractivity contribution < 1.29 is 4.74 Å². The molecular weight excluding hydrogens is 326 g/mol. The van der Waals surface area contributed by atoms with Gasteiger partial charge in [0, 0.05) is 28.0 Å². The number of pyridine rings is 1. The van der Waals surface area contributed by atoms with Crippen LogP contribution in [0.2, 0.25) is 0 Å². The summed E-state index contributed by atoms with van der Waals surface area (Å²) in [5.41, 5.74) is 8.06. The van der Waals surface area contributed by atoms with Gasteiger partial charge in [0.25, 0.3) is 0 Å². The number of hydrogen-bond acceptors (Lipinski definition) is 4. The molecule has 4 nitrogen and oxygen atoms in total. The normalized spacial score (nSPS) is 10.0. The summed E-state index contributed by atoms with van der Waals surface area (Å²) in [6.07, 6.45) is 3.34. The molecule has 0 saturated heterocycles. The van der Waals surface area contributed by atoms with E-state index in [1.54, 1.807) is 25.6 Å². The first kappa shape index (κ1) is 13.8. The summed E-state index contributed by atoms with van der Waals surface area (Å²) in [4.78, 5) is 4.39. The topological polar surface area (TPSA) is 60.2 Å². The highest BCUT2D eigenvalue weighted by atomic mass is 79.9. The molecule has 0 unspecified atom stereocenters. The summed E-state index contributed by atoms with van der Waals surface area (Å²) < 4.78 is 6.13. The Kier molecular flexibility index (Phi) is 4.34. The Balaban J connectivity index is 2.36. The second-order valence-corrected chi connectivity index (χ2v) is 5.15. The van der Waals surface area contributed by atoms with Gasteiger partial charge in [-0.25, -0.2) is 0 Å². The Bertz CT molecular complexity index is 619. The molecule has 1 heterocycles. The van der Waals surface area contributed by atoms with Gasteiger partial charge < -0.3 is 15.8 Å². The zero-order chi connectivity index (χ0) is 13.8. The fourth-order valence-corrected chi connectivity index (χ4v) is 2.27. The molecule has 0 bridgehead atoms. The van der Waals surface area contributed by atoms with E-state index in [-0.39, 0.29) is 0 Å². The van der Waals surface area contributed by atoms with Gasteiger partial charge >= 0.3 is 0 Å². The highest BCUT2D eigenvalue weighted by molar-refractivity contribution is 9.10. The van der Waals surface area contributed by atoms with Crippen LogP contribution < -0.4 is 15.8 Å². The first-order valence-corrected chi connectivity index (χ1v) is 6.65. The van der Waals surface area contributed by atoms with E-state index in [1.165, 1.54) is 0 Å². The molecule has 0 saturated carbocycles. The molecular formula is C13H12BrN3OS. The Hall–Kier alpha value is -1.66. The number of rotatable bonds is 4. The van der Waals surface area contributed by atoms with Crippen molar-refractivity contribution in [3.63, 3.8) is 0 Å². The van der Waals surface area contributed by atoms with Gasteiger partial charge in [0.1, 0.15) is 10.7 Å². The molecule has 98 valence electrons. The maximum absolute atomic E-state index is 5.68. The number of nitrogens with one attached hydrogen (secondary N) is 1. The van der Waals surface area contributed by atoms with E-state index >= 15 is 0 Å². The van der Waals surface area contributed by atoms with Gasteiger partial charge in [0.15, 0.2) is 0 Å². The maximum Gasteiger partial charge on any atom is 0.122 e. The fourth-order valence-electron chi connectivity index (χ4n) is 1.62. The number of ether oxygens (including phenoxy) is 1. The van der Waals surface area contributed by atoms with Gasteiger partial charge in [-0.3, -0.25) is 4.98 Å². The van der Waals surface area contributed by atoms with E-state index in [4.69, 9.17) is 22.7 Å². The lowest BCUT2D eigenvalue weighted by Crippen LogP contribution is -2.12. The summed E-state index contributed by atoms with van der Waals surface area (Å²) >= 11 is 8.44. The third-order valence-electron chi connectivity index (χ3n) is 2.47. The van der Waals surface area contributed by atoms with Crippen molar-refractivity contribution in [1.29, 1.82) is 0 Å². The van der Waals surface area contributed by atoms with Crippen molar-refractivity contribution in [3.8, 4) is 5.75 Å². The minimum Gasteiger partial charge on any atom is -0.497 e.